The van der Waals surface area contributed by atoms with Crippen molar-refractivity contribution in [2.24, 2.45) is 0 Å². The van der Waals surface area contributed by atoms with E-state index in [1.807, 2.05) is 0 Å². The molecular weight excluding hydrogens is 234 g/mol. The molecule has 1 unspecified atom stereocenters. The van der Waals surface area contributed by atoms with Gasteiger partial charge in [-0.1, -0.05) is 6.92 Å². The van der Waals surface area contributed by atoms with Crippen LogP contribution in [-0.2, 0) is 14.8 Å². The summed E-state index contributed by atoms with van der Waals surface area (Å²) in [6, 6.07) is 0. The van der Waals surface area contributed by atoms with Crippen molar-refractivity contribution < 1.29 is 18.3 Å². The molecule has 3 N–H and O–H groups in total. The lowest BCUT2D eigenvalue weighted by molar-refractivity contribution is -0.143. The molecule has 1 rings (SSSR count). The summed E-state index contributed by atoms with van der Waals surface area (Å²) in [5.41, 5.74) is -1.52. The van der Waals surface area contributed by atoms with Crippen LogP contribution in [0.3, 0.4) is 0 Å². The van der Waals surface area contributed by atoms with E-state index in [0.29, 0.717) is 0 Å². The Morgan fingerprint density at radius 1 is 1.69 bits per heavy atom. The third kappa shape index (κ3) is 2.39. The number of carboxylic acid groups (broad SMARTS) is 1. The zero-order chi connectivity index (χ0) is 12.4. The molecule has 1 aromatic heterocycles. The number of carboxylic acids is 1. The molecule has 0 aliphatic rings. The first-order valence-corrected chi connectivity index (χ1v) is 6.06. The van der Waals surface area contributed by atoms with E-state index < -0.39 is 21.5 Å². The third-order valence-corrected chi connectivity index (χ3v) is 3.89. The Labute approximate surface area is 92.9 Å². The number of aliphatic carboxylic acids is 1. The van der Waals surface area contributed by atoms with Gasteiger partial charge in [0.15, 0.2) is 0 Å². The van der Waals surface area contributed by atoms with Crippen LogP contribution < -0.4 is 4.72 Å². The molecule has 0 radical (unpaired) electrons. The smallest absolute Gasteiger partial charge is 0.324 e. The van der Waals surface area contributed by atoms with Crippen molar-refractivity contribution in [3.8, 4) is 0 Å². The van der Waals surface area contributed by atoms with Crippen LogP contribution in [0.25, 0.3) is 0 Å². The Bertz CT molecular complexity index is 467. The number of aromatic nitrogens is 2. The predicted molar refractivity (Wildman–Crippen MR) is 55.2 cm³/mol. The maximum atomic E-state index is 11.7. The number of nitrogens with one attached hydrogen (secondary N) is 2. The fraction of sp³-hybridized carbons (Fsp3) is 0.500. The molecule has 0 saturated heterocycles. The minimum atomic E-state index is -3.86. The molecule has 1 atom stereocenters. The van der Waals surface area contributed by atoms with Crippen LogP contribution in [0, 0.1) is 0 Å². The molecule has 0 saturated carbocycles. The van der Waals surface area contributed by atoms with Gasteiger partial charge in [-0.05, 0) is 13.3 Å². The maximum absolute atomic E-state index is 11.7. The summed E-state index contributed by atoms with van der Waals surface area (Å²) < 4.78 is 25.6. The van der Waals surface area contributed by atoms with E-state index in [0.717, 1.165) is 6.20 Å². The van der Waals surface area contributed by atoms with Gasteiger partial charge in [0, 0.05) is 6.20 Å². The fourth-order valence-electron chi connectivity index (χ4n) is 1.01. The summed E-state index contributed by atoms with van der Waals surface area (Å²) in [7, 11) is -3.86. The number of hydrogen-bond donors (Lipinski definition) is 3. The highest BCUT2D eigenvalue weighted by atomic mass is 32.2. The van der Waals surface area contributed by atoms with Crippen LogP contribution >= 0.6 is 0 Å². The number of carbonyl (C=O) groups is 1. The molecule has 0 aliphatic heterocycles. The molecule has 0 aromatic carbocycles. The van der Waals surface area contributed by atoms with Crippen molar-refractivity contribution in [1.29, 1.82) is 0 Å². The Balaban J connectivity index is 3.01. The van der Waals surface area contributed by atoms with Crippen LogP contribution in [0.1, 0.15) is 20.3 Å². The number of rotatable bonds is 5. The van der Waals surface area contributed by atoms with Crippen LogP contribution in [-0.4, -0.2) is 35.2 Å². The summed E-state index contributed by atoms with van der Waals surface area (Å²) in [4.78, 5) is 10.9. The van der Waals surface area contributed by atoms with Crippen molar-refractivity contribution >= 4 is 16.0 Å². The first-order chi connectivity index (χ1) is 7.32. The summed E-state index contributed by atoms with van der Waals surface area (Å²) in [6.07, 6.45) is 2.43. The maximum Gasteiger partial charge on any atom is 0.324 e. The topological polar surface area (TPSA) is 112 Å². The first-order valence-electron chi connectivity index (χ1n) is 4.58. The molecule has 1 heterocycles. The van der Waals surface area contributed by atoms with Crippen molar-refractivity contribution in [3.63, 3.8) is 0 Å². The number of nitrogens with zero attached hydrogens (tertiary/aromatic N) is 1. The molecular formula is C8H13N3O4S. The van der Waals surface area contributed by atoms with Crippen molar-refractivity contribution in [2.75, 3.05) is 0 Å². The van der Waals surface area contributed by atoms with Gasteiger partial charge < -0.3 is 5.11 Å². The van der Waals surface area contributed by atoms with Crippen LogP contribution in [0.2, 0.25) is 0 Å². The van der Waals surface area contributed by atoms with E-state index in [-0.39, 0.29) is 11.3 Å². The van der Waals surface area contributed by atoms with Gasteiger partial charge in [0.2, 0.25) is 10.0 Å². The van der Waals surface area contributed by atoms with Crippen molar-refractivity contribution in [3.05, 3.63) is 12.4 Å². The average Bonchev–Trinajstić information content (AvgIpc) is 2.70. The van der Waals surface area contributed by atoms with E-state index in [2.05, 4.69) is 14.9 Å². The SMILES string of the molecule is CCC(C)(NS(=O)(=O)c1cn[nH]c1)C(=O)O. The van der Waals surface area contributed by atoms with Crippen molar-refractivity contribution in [2.45, 2.75) is 30.7 Å². The highest BCUT2D eigenvalue weighted by Gasteiger charge is 2.36. The number of hydrogen-bond acceptors (Lipinski definition) is 4. The van der Waals surface area contributed by atoms with E-state index in [4.69, 9.17) is 5.11 Å². The Hall–Kier alpha value is -1.41. The van der Waals surface area contributed by atoms with Gasteiger partial charge in [0.05, 0.1) is 6.20 Å². The van der Waals surface area contributed by atoms with E-state index >= 15 is 0 Å². The van der Waals surface area contributed by atoms with Crippen LogP contribution in [0.4, 0.5) is 0 Å². The lowest BCUT2D eigenvalue weighted by atomic mass is 10.0. The molecule has 0 spiro atoms. The second-order valence-electron chi connectivity index (χ2n) is 3.53. The van der Waals surface area contributed by atoms with Gasteiger partial charge in [0.25, 0.3) is 0 Å². The normalized spacial score (nSPS) is 15.6. The number of sulfonamides is 1. The van der Waals surface area contributed by atoms with E-state index in [1.165, 1.54) is 13.1 Å². The minimum Gasteiger partial charge on any atom is -0.480 e. The number of aromatic amines is 1. The molecule has 90 valence electrons. The zero-order valence-corrected chi connectivity index (χ0v) is 9.71. The molecule has 0 fully saturated rings. The van der Waals surface area contributed by atoms with E-state index in [1.54, 1.807) is 6.92 Å². The number of H-pyrrole nitrogens is 1. The second-order valence-corrected chi connectivity index (χ2v) is 5.21. The zero-order valence-electron chi connectivity index (χ0n) is 8.89. The molecule has 7 nitrogen and oxygen atoms in total. The molecule has 0 amide bonds. The Morgan fingerprint density at radius 2 is 2.31 bits per heavy atom. The molecule has 1 aromatic rings. The summed E-state index contributed by atoms with van der Waals surface area (Å²) >= 11 is 0. The largest absolute Gasteiger partial charge is 0.480 e. The highest BCUT2D eigenvalue weighted by Crippen LogP contribution is 2.15. The van der Waals surface area contributed by atoms with Crippen molar-refractivity contribution in [1.82, 2.24) is 14.9 Å². The van der Waals surface area contributed by atoms with Crippen LogP contribution in [0.5, 0.6) is 0 Å². The highest BCUT2D eigenvalue weighted by molar-refractivity contribution is 7.89. The first kappa shape index (κ1) is 12.7. The minimum absolute atomic E-state index is 0.0894. The van der Waals surface area contributed by atoms with Gasteiger partial charge in [-0.2, -0.15) is 9.82 Å². The van der Waals surface area contributed by atoms with E-state index in [9.17, 15) is 13.2 Å². The summed E-state index contributed by atoms with van der Waals surface area (Å²) in [5, 5.41) is 14.8. The second kappa shape index (κ2) is 4.22. The fourth-order valence-corrected chi connectivity index (χ4v) is 2.35. The van der Waals surface area contributed by atoms with Gasteiger partial charge in [-0.25, -0.2) is 8.42 Å². The molecule has 0 aliphatic carbocycles. The summed E-state index contributed by atoms with van der Waals surface area (Å²) in [6.45, 7) is 2.90. The standard InChI is InChI=1S/C8H13N3O4S/c1-3-8(2,7(12)13)11-16(14,15)6-4-9-10-5-6/h4-5,11H,3H2,1-2H3,(H,9,10)(H,12,13). The Morgan fingerprint density at radius 3 is 2.69 bits per heavy atom. The molecule has 8 heteroatoms. The van der Waals surface area contributed by atoms with Gasteiger partial charge in [0.1, 0.15) is 10.4 Å². The summed E-state index contributed by atoms with van der Waals surface area (Å²) in [5.74, 6) is -1.22. The lowest BCUT2D eigenvalue weighted by Crippen LogP contribution is -2.51. The predicted octanol–water partition coefficient (Wildman–Crippen LogP) is -0.0587. The monoisotopic (exact) mass is 247 g/mol. The molecule has 0 bridgehead atoms. The average molecular weight is 247 g/mol. The Kier molecular flexibility index (Phi) is 3.34. The van der Waals surface area contributed by atoms with Gasteiger partial charge in [-0.3, -0.25) is 9.89 Å². The quantitative estimate of drug-likeness (QED) is 0.674. The third-order valence-electron chi connectivity index (χ3n) is 2.32. The molecule has 16 heavy (non-hydrogen) atoms. The lowest BCUT2D eigenvalue weighted by Gasteiger charge is -2.23. The van der Waals surface area contributed by atoms with Gasteiger partial charge in [-0.15, -0.1) is 0 Å². The van der Waals surface area contributed by atoms with Crippen LogP contribution in [0.15, 0.2) is 17.3 Å². The van der Waals surface area contributed by atoms with Gasteiger partial charge >= 0.3 is 5.97 Å².